The smallest absolute Gasteiger partial charge is 0.278 e. The molecule has 0 aliphatic heterocycles. The number of nitrogens with two attached hydrogens (primary N) is 1. The van der Waals surface area contributed by atoms with E-state index in [1.165, 1.54) is 0 Å². The number of ether oxygens (including phenoxy) is 1. The monoisotopic (exact) mass is 234 g/mol. The molecule has 3 N–H and O–H groups in total. The number of nitrogens with one attached hydrogen (secondary N) is 1. The Labute approximate surface area is 101 Å². The zero-order chi connectivity index (χ0) is 12.1. The Balaban J connectivity index is 2.19. The molecule has 0 unspecified atom stereocenters. The van der Waals surface area contributed by atoms with Crippen molar-refractivity contribution in [3.63, 3.8) is 0 Å². The van der Waals surface area contributed by atoms with E-state index < -0.39 is 5.60 Å². The van der Waals surface area contributed by atoms with Gasteiger partial charge in [-0.05, 0) is 37.8 Å². The summed E-state index contributed by atoms with van der Waals surface area (Å²) < 4.78 is 5.90. The fourth-order valence-electron chi connectivity index (χ4n) is 2.34. The summed E-state index contributed by atoms with van der Waals surface area (Å²) in [5, 5.41) is 0. The highest BCUT2D eigenvalue weighted by Gasteiger charge is 2.41. The lowest BCUT2D eigenvalue weighted by Crippen LogP contribution is -2.54. The first-order valence-corrected chi connectivity index (χ1v) is 6.02. The van der Waals surface area contributed by atoms with Gasteiger partial charge >= 0.3 is 0 Å². The average Bonchev–Trinajstić information content (AvgIpc) is 2.40. The van der Waals surface area contributed by atoms with Gasteiger partial charge in [0.2, 0.25) is 0 Å². The first-order valence-electron chi connectivity index (χ1n) is 6.02. The predicted molar refractivity (Wildman–Crippen MR) is 65.2 cm³/mol. The number of carbonyl (C=O) groups is 1. The first-order chi connectivity index (χ1) is 8.27. The second-order valence-electron chi connectivity index (χ2n) is 4.44. The van der Waals surface area contributed by atoms with Crippen molar-refractivity contribution in [3.05, 3.63) is 30.3 Å². The lowest BCUT2D eigenvalue weighted by molar-refractivity contribution is -0.139. The molecule has 2 rings (SSSR count). The average molecular weight is 234 g/mol. The van der Waals surface area contributed by atoms with E-state index >= 15 is 0 Å². The van der Waals surface area contributed by atoms with Gasteiger partial charge in [0.25, 0.3) is 5.91 Å². The van der Waals surface area contributed by atoms with Crippen LogP contribution < -0.4 is 16.0 Å². The van der Waals surface area contributed by atoms with E-state index in [0.29, 0.717) is 0 Å². The van der Waals surface area contributed by atoms with Crippen LogP contribution in [0, 0.1) is 0 Å². The van der Waals surface area contributed by atoms with Crippen LogP contribution in [0.4, 0.5) is 0 Å². The van der Waals surface area contributed by atoms with Crippen molar-refractivity contribution in [1.29, 1.82) is 0 Å². The van der Waals surface area contributed by atoms with Crippen LogP contribution in [0.1, 0.15) is 32.1 Å². The molecule has 0 radical (unpaired) electrons. The molecule has 92 valence electrons. The van der Waals surface area contributed by atoms with E-state index in [4.69, 9.17) is 10.6 Å². The van der Waals surface area contributed by atoms with Gasteiger partial charge in [-0.15, -0.1) is 0 Å². The normalized spacial score (nSPS) is 18.4. The number of amides is 1. The van der Waals surface area contributed by atoms with Crippen molar-refractivity contribution in [2.45, 2.75) is 37.7 Å². The highest BCUT2D eigenvalue weighted by Crippen LogP contribution is 2.33. The van der Waals surface area contributed by atoms with Crippen LogP contribution in [0.5, 0.6) is 5.75 Å². The topological polar surface area (TPSA) is 64.3 Å². The standard InChI is InChI=1S/C13H18N2O2/c14-15-12(16)13(9-5-2-6-10-13)17-11-7-3-1-4-8-11/h1,3-4,7-8H,2,5-6,9-10,14H2,(H,15,16). The molecule has 1 aliphatic carbocycles. The Morgan fingerprint density at radius 1 is 1.18 bits per heavy atom. The second kappa shape index (κ2) is 5.19. The van der Waals surface area contributed by atoms with Gasteiger partial charge in [-0.25, -0.2) is 5.84 Å². The van der Waals surface area contributed by atoms with E-state index in [2.05, 4.69) is 5.43 Å². The molecule has 1 aliphatic rings. The summed E-state index contributed by atoms with van der Waals surface area (Å²) in [7, 11) is 0. The summed E-state index contributed by atoms with van der Waals surface area (Å²) in [6, 6.07) is 9.43. The Bertz CT molecular complexity index is 372. The minimum absolute atomic E-state index is 0.221. The predicted octanol–water partition coefficient (Wildman–Crippen LogP) is 1.76. The largest absolute Gasteiger partial charge is 0.477 e. The van der Waals surface area contributed by atoms with Crippen LogP contribution in [0.15, 0.2) is 30.3 Å². The van der Waals surface area contributed by atoms with Crippen LogP contribution in [0.25, 0.3) is 0 Å². The molecule has 0 saturated heterocycles. The highest BCUT2D eigenvalue weighted by atomic mass is 16.5. The van der Waals surface area contributed by atoms with Gasteiger partial charge in [0.15, 0.2) is 5.60 Å². The van der Waals surface area contributed by atoms with Gasteiger partial charge in [-0.3, -0.25) is 10.2 Å². The van der Waals surface area contributed by atoms with Crippen LogP contribution in [-0.2, 0) is 4.79 Å². The number of benzene rings is 1. The molecule has 0 bridgehead atoms. The molecular formula is C13H18N2O2. The Hall–Kier alpha value is -1.55. The minimum atomic E-state index is -0.783. The van der Waals surface area contributed by atoms with Crippen molar-refractivity contribution in [3.8, 4) is 5.75 Å². The van der Waals surface area contributed by atoms with E-state index in [0.717, 1.165) is 37.9 Å². The summed E-state index contributed by atoms with van der Waals surface area (Å²) in [5.74, 6) is 5.76. The molecule has 0 atom stereocenters. The van der Waals surface area contributed by atoms with Crippen molar-refractivity contribution in [2.24, 2.45) is 5.84 Å². The molecule has 0 aromatic heterocycles. The molecule has 4 heteroatoms. The molecule has 1 aromatic carbocycles. The van der Waals surface area contributed by atoms with Gasteiger partial charge in [0, 0.05) is 0 Å². The third kappa shape index (κ3) is 2.58. The van der Waals surface area contributed by atoms with Crippen molar-refractivity contribution >= 4 is 5.91 Å². The molecule has 1 saturated carbocycles. The fraction of sp³-hybridized carbons (Fsp3) is 0.462. The van der Waals surface area contributed by atoms with E-state index in [9.17, 15) is 4.79 Å². The number of hydrogen-bond donors (Lipinski definition) is 2. The van der Waals surface area contributed by atoms with Crippen LogP contribution in [0.2, 0.25) is 0 Å². The van der Waals surface area contributed by atoms with Crippen molar-refractivity contribution in [1.82, 2.24) is 5.43 Å². The maximum absolute atomic E-state index is 11.9. The van der Waals surface area contributed by atoms with Gasteiger partial charge in [-0.1, -0.05) is 24.6 Å². The second-order valence-corrected chi connectivity index (χ2v) is 4.44. The number of hydrazine groups is 1. The van der Waals surface area contributed by atoms with Gasteiger partial charge in [0.05, 0.1) is 0 Å². The number of para-hydroxylation sites is 1. The highest BCUT2D eigenvalue weighted by molar-refractivity contribution is 5.85. The molecule has 4 nitrogen and oxygen atoms in total. The number of hydrogen-bond acceptors (Lipinski definition) is 3. The zero-order valence-electron chi connectivity index (χ0n) is 9.82. The Kier molecular flexibility index (Phi) is 3.64. The Morgan fingerprint density at radius 2 is 1.82 bits per heavy atom. The van der Waals surface area contributed by atoms with E-state index in [-0.39, 0.29) is 5.91 Å². The summed E-state index contributed by atoms with van der Waals surface area (Å²) in [6.07, 6.45) is 4.61. The third-order valence-electron chi connectivity index (χ3n) is 3.26. The van der Waals surface area contributed by atoms with Gasteiger partial charge in [-0.2, -0.15) is 0 Å². The van der Waals surface area contributed by atoms with Crippen molar-refractivity contribution in [2.75, 3.05) is 0 Å². The molecular weight excluding hydrogens is 216 g/mol. The maximum Gasteiger partial charge on any atom is 0.278 e. The summed E-state index contributed by atoms with van der Waals surface area (Å²) in [4.78, 5) is 11.9. The van der Waals surface area contributed by atoms with Crippen LogP contribution in [-0.4, -0.2) is 11.5 Å². The molecule has 0 spiro atoms. The van der Waals surface area contributed by atoms with E-state index in [1.807, 2.05) is 30.3 Å². The number of carbonyl (C=O) groups excluding carboxylic acids is 1. The summed E-state index contributed by atoms with van der Waals surface area (Å²) in [6.45, 7) is 0. The maximum atomic E-state index is 11.9. The van der Waals surface area contributed by atoms with Crippen molar-refractivity contribution < 1.29 is 9.53 Å². The van der Waals surface area contributed by atoms with Crippen LogP contribution in [0.3, 0.4) is 0 Å². The number of rotatable bonds is 3. The fourth-order valence-corrected chi connectivity index (χ4v) is 2.34. The molecule has 1 aromatic rings. The quantitative estimate of drug-likeness (QED) is 0.476. The lowest BCUT2D eigenvalue weighted by Gasteiger charge is -2.35. The molecule has 0 heterocycles. The van der Waals surface area contributed by atoms with Crippen LogP contribution >= 0.6 is 0 Å². The third-order valence-corrected chi connectivity index (χ3v) is 3.26. The minimum Gasteiger partial charge on any atom is -0.477 e. The van der Waals surface area contributed by atoms with E-state index in [1.54, 1.807) is 0 Å². The molecule has 1 amide bonds. The summed E-state index contributed by atoms with van der Waals surface area (Å²) >= 11 is 0. The summed E-state index contributed by atoms with van der Waals surface area (Å²) in [5.41, 5.74) is 1.45. The van der Waals surface area contributed by atoms with Gasteiger partial charge in [0.1, 0.15) is 5.75 Å². The zero-order valence-corrected chi connectivity index (χ0v) is 9.82. The first kappa shape index (κ1) is 11.9. The SMILES string of the molecule is NNC(=O)C1(Oc2ccccc2)CCCCC1. The van der Waals surface area contributed by atoms with Gasteiger partial charge < -0.3 is 4.74 Å². The Morgan fingerprint density at radius 3 is 2.41 bits per heavy atom. The molecule has 17 heavy (non-hydrogen) atoms. The molecule has 1 fully saturated rings. The lowest BCUT2D eigenvalue weighted by atomic mass is 9.84.